The van der Waals surface area contributed by atoms with E-state index in [9.17, 15) is 22.4 Å². The predicted molar refractivity (Wildman–Crippen MR) is 67.5 cm³/mol. The molecule has 1 aliphatic rings. The zero-order valence-corrected chi connectivity index (χ0v) is 11.3. The van der Waals surface area contributed by atoms with Crippen molar-refractivity contribution in [2.75, 3.05) is 0 Å². The van der Waals surface area contributed by atoms with Crippen LogP contribution in [0.2, 0.25) is 0 Å². The summed E-state index contributed by atoms with van der Waals surface area (Å²) in [5.74, 6) is -4.64. The molecule has 21 heavy (non-hydrogen) atoms. The van der Waals surface area contributed by atoms with E-state index in [2.05, 4.69) is 10.3 Å². The summed E-state index contributed by atoms with van der Waals surface area (Å²) < 4.78 is 51.9. The van der Waals surface area contributed by atoms with Gasteiger partial charge in [0.15, 0.2) is 0 Å². The maximum absolute atomic E-state index is 13.3. The zero-order valence-electron chi connectivity index (χ0n) is 11.3. The molecule has 2 rings (SSSR count). The van der Waals surface area contributed by atoms with Crippen LogP contribution in [0.4, 0.5) is 17.6 Å². The van der Waals surface area contributed by atoms with Crippen LogP contribution < -0.4 is 5.32 Å². The van der Waals surface area contributed by atoms with Crippen molar-refractivity contribution in [3.8, 4) is 0 Å². The maximum atomic E-state index is 13.3. The minimum absolute atomic E-state index is 0.0556. The van der Waals surface area contributed by atoms with Crippen molar-refractivity contribution < 1.29 is 22.4 Å². The van der Waals surface area contributed by atoms with E-state index in [1.807, 2.05) is 0 Å². The lowest BCUT2D eigenvalue weighted by atomic mass is 9.84. The number of carbonyl (C=O) groups is 1. The Labute approximate surface area is 119 Å². The first-order valence-corrected chi connectivity index (χ1v) is 6.80. The lowest BCUT2D eigenvalue weighted by Gasteiger charge is -2.27. The fourth-order valence-electron chi connectivity index (χ4n) is 2.39. The Bertz CT molecular complexity index is 512. The Morgan fingerprint density at radius 1 is 1.33 bits per heavy atom. The molecule has 1 fully saturated rings. The van der Waals surface area contributed by atoms with Gasteiger partial charge in [-0.1, -0.05) is 0 Å². The van der Waals surface area contributed by atoms with Gasteiger partial charge in [0.05, 0.1) is 18.4 Å². The third-order valence-electron chi connectivity index (χ3n) is 3.65. The molecule has 0 atom stereocenters. The van der Waals surface area contributed by atoms with Crippen molar-refractivity contribution in [2.45, 2.75) is 44.6 Å². The fourth-order valence-corrected chi connectivity index (χ4v) is 2.39. The first-order valence-electron chi connectivity index (χ1n) is 6.80. The van der Waals surface area contributed by atoms with Crippen molar-refractivity contribution in [3.05, 3.63) is 29.6 Å². The standard InChI is InChI=1S/C14H16F4N2O/c15-10-6-11(16)12(19-7-10)8-20-13(21)5-9-1-3-14(17,18)4-2-9/h6-7,9H,1-5,8H2,(H,20,21). The SMILES string of the molecule is O=C(CC1CCC(F)(F)CC1)NCc1ncc(F)cc1F. The van der Waals surface area contributed by atoms with Crippen LogP contribution in [0.25, 0.3) is 0 Å². The number of carbonyl (C=O) groups excluding carboxylic acids is 1. The van der Waals surface area contributed by atoms with E-state index in [0.29, 0.717) is 18.9 Å². The van der Waals surface area contributed by atoms with E-state index in [-0.39, 0.29) is 43.3 Å². The van der Waals surface area contributed by atoms with Gasteiger partial charge in [-0.3, -0.25) is 9.78 Å². The van der Waals surface area contributed by atoms with Gasteiger partial charge in [-0.25, -0.2) is 17.6 Å². The highest BCUT2D eigenvalue weighted by Crippen LogP contribution is 2.37. The molecular formula is C14H16F4N2O. The second-order valence-electron chi connectivity index (χ2n) is 5.36. The Morgan fingerprint density at radius 2 is 2.00 bits per heavy atom. The van der Waals surface area contributed by atoms with Gasteiger partial charge in [0, 0.05) is 25.3 Å². The van der Waals surface area contributed by atoms with Gasteiger partial charge in [0.1, 0.15) is 11.6 Å². The van der Waals surface area contributed by atoms with E-state index in [4.69, 9.17) is 0 Å². The van der Waals surface area contributed by atoms with Crippen LogP contribution in [0.3, 0.4) is 0 Å². The number of halogens is 4. The monoisotopic (exact) mass is 304 g/mol. The average Bonchev–Trinajstić information content (AvgIpc) is 2.40. The number of nitrogens with zero attached hydrogens (tertiary/aromatic N) is 1. The lowest BCUT2D eigenvalue weighted by Crippen LogP contribution is -2.30. The molecule has 1 aromatic rings. The normalized spacial score (nSPS) is 18.5. The van der Waals surface area contributed by atoms with E-state index < -0.39 is 17.6 Å². The minimum atomic E-state index is -2.62. The van der Waals surface area contributed by atoms with Crippen LogP contribution in [0.1, 0.15) is 37.8 Å². The van der Waals surface area contributed by atoms with Crippen molar-refractivity contribution >= 4 is 5.91 Å². The molecule has 1 amide bonds. The summed E-state index contributed by atoms with van der Waals surface area (Å²) in [6, 6.07) is 0.692. The summed E-state index contributed by atoms with van der Waals surface area (Å²) in [6.07, 6.45) is 1.23. The molecule has 0 aliphatic heterocycles. The van der Waals surface area contributed by atoms with Gasteiger partial charge < -0.3 is 5.32 Å². The quantitative estimate of drug-likeness (QED) is 0.868. The van der Waals surface area contributed by atoms with Crippen molar-refractivity contribution in [3.63, 3.8) is 0 Å². The molecule has 1 aliphatic carbocycles. The van der Waals surface area contributed by atoms with Crippen LogP contribution in [-0.2, 0) is 11.3 Å². The van der Waals surface area contributed by atoms with E-state index in [1.165, 1.54) is 0 Å². The van der Waals surface area contributed by atoms with Gasteiger partial charge in [-0.2, -0.15) is 0 Å². The molecule has 7 heteroatoms. The zero-order chi connectivity index (χ0) is 15.5. The highest BCUT2D eigenvalue weighted by atomic mass is 19.3. The van der Waals surface area contributed by atoms with E-state index >= 15 is 0 Å². The van der Waals surface area contributed by atoms with Crippen LogP contribution in [0.15, 0.2) is 12.3 Å². The molecule has 116 valence electrons. The lowest BCUT2D eigenvalue weighted by molar-refractivity contribution is -0.123. The third-order valence-corrected chi connectivity index (χ3v) is 3.65. The fraction of sp³-hybridized carbons (Fsp3) is 0.571. The summed E-state index contributed by atoms with van der Waals surface area (Å²) in [7, 11) is 0. The van der Waals surface area contributed by atoms with Crippen molar-refractivity contribution in [1.29, 1.82) is 0 Å². The number of hydrogen-bond acceptors (Lipinski definition) is 2. The van der Waals surface area contributed by atoms with Crippen LogP contribution >= 0.6 is 0 Å². The predicted octanol–water partition coefficient (Wildman–Crippen LogP) is 3.19. The molecule has 0 spiro atoms. The molecule has 3 nitrogen and oxygen atoms in total. The second kappa shape index (κ2) is 6.41. The number of alkyl halides is 2. The van der Waals surface area contributed by atoms with Crippen LogP contribution in [0.5, 0.6) is 0 Å². The molecule has 0 unspecified atom stereocenters. The van der Waals surface area contributed by atoms with Gasteiger partial charge in [0.2, 0.25) is 11.8 Å². The number of nitrogens with one attached hydrogen (secondary N) is 1. The number of pyridine rings is 1. The number of hydrogen-bond donors (Lipinski definition) is 1. The molecule has 1 aromatic heterocycles. The van der Waals surface area contributed by atoms with E-state index in [0.717, 1.165) is 6.20 Å². The van der Waals surface area contributed by atoms with Gasteiger partial charge in [-0.15, -0.1) is 0 Å². The molecule has 0 bridgehead atoms. The molecular weight excluding hydrogens is 288 g/mol. The molecule has 0 saturated heterocycles. The highest BCUT2D eigenvalue weighted by molar-refractivity contribution is 5.76. The molecule has 0 radical (unpaired) electrons. The van der Waals surface area contributed by atoms with Crippen molar-refractivity contribution in [2.24, 2.45) is 5.92 Å². The van der Waals surface area contributed by atoms with Gasteiger partial charge >= 0.3 is 0 Å². The maximum Gasteiger partial charge on any atom is 0.248 e. The second-order valence-corrected chi connectivity index (χ2v) is 5.36. The van der Waals surface area contributed by atoms with Crippen LogP contribution in [-0.4, -0.2) is 16.8 Å². The number of rotatable bonds is 4. The molecule has 1 N–H and O–H groups in total. The first kappa shape index (κ1) is 15.7. The summed E-state index contributed by atoms with van der Waals surface area (Å²) in [5, 5.41) is 2.48. The third kappa shape index (κ3) is 4.68. The summed E-state index contributed by atoms with van der Waals surface area (Å²) >= 11 is 0. The molecule has 1 heterocycles. The smallest absolute Gasteiger partial charge is 0.248 e. The Morgan fingerprint density at radius 3 is 2.62 bits per heavy atom. The van der Waals surface area contributed by atoms with Gasteiger partial charge in [-0.05, 0) is 18.8 Å². The topological polar surface area (TPSA) is 42.0 Å². The largest absolute Gasteiger partial charge is 0.350 e. The minimum Gasteiger partial charge on any atom is -0.350 e. The first-order chi connectivity index (χ1) is 9.85. The number of aromatic nitrogens is 1. The molecule has 1 saturated carbocycles. The Kier molecular flexibility index (Phi) is 4.80. The Balaban J connectivity index is 1.77. The number of amides is 1. The van der Waals surface area contributed by atoms with E-state index in [1.54, 1.807) is 0 Å². The van der Waals surface area contributed by atoms with Gasteiger partial charge in [0.25, 0.3) is 0 Å². The van der Waals surface area contributed by atoms with Crippen LogP contribution in [0, 0.1) is 17.6 Å². The summed E-state index contributed by atoms with van der Waals surface area (Å²) in [5.41, 5.74) is -0.0556. The highest BCUT2D eigenvalue weighted by Gasteiger charge is 2.35. The average molecular weight is 304 g/mol. The molecule has 0 aromatic carbocycles. The summed E-state index contributed by atoms with van der Waals surface area (Å²) in [4.78, 5) is 15.3. The summed E-state index contributed by atoms with van der Waals surface area (Å²) in [6.45, 7) is -0.145. The van der Waals surface area contributed by atoms with Crippen molar-refractivity contribution in [1.82, 2.24) is 10.3 Å². The Hall–Kier alpha value is -1.66.